The van der Waals surface area contributed by atoms with E-state index in [0.29, 0.717) is 11.7 Å². The summed E-state index contributed by atoms with van der Waals surface area (Å²) in [6.07, 6.45) is 6.51. The lowest BCUT2D eigenvalue weighted by molar-refractivity contribution is -0.124. The molecule has 2 rings (SSSR count). The van der Waals surface area contributed by atoms with E-state index in [1.54, 1.807) is 0 Å². The van der Waals surface area contributed by atoms with Gasteiger partial charge in [-0.3, -0.25) is 4.79 Å². The highest BCUT2D eigenvalue weighted by Crippen LogP contribution is 2.33. The van der Waals surface area contributed by atoms with Crippen molar-refractivity contribution < 1.29 is 4.79 Å². The summed E-state index contributed by atoms with van der Waals surface area (Å²) in [5.74, 6) is 1.08. The van der Waals surface area contributed by atoms with Crippen LogP contribution in [0.4, 0.5) is 0 Å². The Morgan fingerprint density at radius 3 is 2.50 bits per heavy atom. The predicted molar refractivity (Wildman–Crippen MR) is 75.9 cm³/mol. The maximum Gasteiger partial charge on any atom is 0.139 e. The van der Waals surface area contributed by atoms with E-state index in [-0.39, 0.29) is 5.92 Å². The number of unbranched alkanes of at least 4 members (excludes halogenated alkanes) is 1. The van der Waals surface area contributed by atoms with Crippen LogP contribution in [0.5, 0.6) is 0 Å². The molecule has 1 aliphatic rings. The van der Waals surface area contributed by atoms with Crippen molar-refractivity contribution in [3.8, 4) is 0 Å². The summed E-state index contributed by atoms with van der Waals surface area (Å²) in [6, 6.07) is 7.89. The van der Waals surface area contributed by atoms with Gasteiger partial charge in [-0.25, -0.2) is 0 Å². The van der Waals surface area contributed by atoms with E-state index in [4.69, 9.17) is 11.6 Å². The molecular formula is C16H21ClO. The van der Waals surface area contributed by atoms with Crippen LogP contribution in [-0.2, 0) is 11.2 Å². The Morgan fingerprint density at radius 2 is 1.83 bits per heavy atom. The predicted octanol–water partition coefficient (Wildman–Crippen LogP) is 4.67. The fraction of sp³-hybridized carbons (Fsp3) is 0.562. The molecule has 0 radical (unpaired) electrons. The topological polar surface area (TPSA) is 17.1 Å². The van der Waals surface area contributed by atoms with Gasteiger partial charge >= 0.3 is 0 Å². The Labute approximate surface area is 115 Å². The van der Waals surface area contributed by atoms with Gasteiger partial charge in [-0.15, -0.1) is 0 Å². The second kappa shape index (κ2) is 6.38. The highest BCUT2D eigenvalue weighted by Gasteiger charge is 2.33. The molecule has 0 saturated heterocycles. The van der Waals surface area contributed by atoms with Crippen LogP contribution in [0.1, 0.15) is 44.6 Å². The third-order valence-corrected chi connectivity index (χ3v) is 4.22. The molecule has 98 valence electrons. The molecule has 1 saturated carbocycles. The van der Waals surface area contributed by atoms with E-state index >= 15 is 0 Å². The molecule has 1 nitrogen and oxygen atoms in total. The van der Waals surface area contributed by atoms with Gasteiger partial charge in [-0.2, -0.15) is 0 Å². The van der Waals surface area contributed by atoms with E-state index in [0.717, 1.165) is 30.7 Å². The first-order valence-corrected chi connectivity index (χ1v) is 7.36. The number of ketones is 1. The first-order chi connectivity index (χ1) is 8.70. The fourth-order valence-electron chi connectivity index (χ4n) is 2.87. The summed E-state index contributed by atoms with van der Waals surface area (Å²) in [7, 11) is 0. The van der Waals surface area contributed by atoms with E-state index in [1.807, 2.05) is 24.3 Å². The number of carbonyl (C=O) groups excluding carboxylic acids is 1. The maximum atomic E-state index is 12.3. The van der Waals surface area contributed by atoms with E-state index in [9.17, 15) is 4.79 Å². The second-order valence-corrected chi connectivity index (χ2v) is 5.78. The average molecular weight is 265 g/mol. The van der Waals surface area contributed by atoms with Crippen molar-refractivity contribution in [2.24, 2.45) is 11.8 Å². The van der Waals surface area contributed by atoms with Gasteiger partial charge in [0, 0.05) is 16.9 Å². The van der Waals surface area contributed by atoms with Crippen LogP contribution in [0.15, 0.2) is 24.3 Å². The Hall–Kier alpha value is -0.820. The van der Waals surface area contributed by atoms with Gasteiger partial charge < -0.3 is 0 Å². The van der Waals surface area contributed by atoms with E-state index in [2.05, 4.69) is 6.92 Å². The first-order valence-electron chi connectivity index (χ1n) is 6.99. The van der Waals surface area contributed by atoms with Crippen molar-refractivity contribution >= 4 is 17.4 Å². The van der Waals surface area contributed by atoms with Gasteiger partial charge in [0.25, 0.3) is 0 Å². The van der Waals surface area contributed by atoms with Gasteiger partial charge in [0.1, 0.15) is 5.78 Å². The molecule has 0 N–H and O–H groups in total. The molecule has 18 heavy (non-hydrogen) atoms. The lowest BCUT2D eigenvalue weighted by Crippen LogP contribution is -2.16. The Morgan fingerprint density at radius 1 is 1.17 bits per heavy atom. The highest BCUT2D eigenvalue weighted by molar-refractivity contribution is 6.30. The van der Waals surface area contributed by atoms with Crippen LogP contribution >= 0.6 is 11.6 Å². The zero-order chi connectivity index (χ0) is 13.0. The van der Waals surface area contributed by atoms with Crippen LogP contribution in [0.25, 0.3) is 0 Å². The van der Waals surface area contributed by atoms with Crippen LogP contribution in [0.2, 0.25) is 5.02 Å². The van der Waals surface area contributed by atoms with Gasteiger partial charge in [0.05, 0.1) is 0 Å². The number of hydrogen-bond donors (Lipinski definition) is 0. The van der Waals surface area contributed by atoms with Crippen molar-refractivity contribution in [1.82, 2.24) is 0 Å². The fourth-order valence-corrected chi connectivity index (χ4v) is 2.99. The summed E-state index contributed by atoms with van der Waals surface area (Å²) >= 11 is 5.87. The van der Waals surface area contributed by atoms with Crippen molar-refractivity contribution in [2.75, 3.05) is 0 Å². The molecule has 1 aromatic carbocycles. The molecular weight excluding hydrogens is 244 g/mol. The molecule has 0 aromatic heterocycles. The number of benzene rings is 1. The second-order valence-electron chi connectivity index (χ2n) is 5.35. The molecule has 1 aromatic rings. The summed E-state index contributed by atoms with van der Waals surface area (Å²) < 4.78 is 0. The third-order valence-electron chi connectivity index (χ3n) is 3.97. The molecule has 2 atom stereocenters. The molecule has 1 aliphatic carbocycles. The summed E-state index contributed by atoms with van der Waals surface area (Å²) in [5.41, 5.74) is 1.23. The number of carbonyl (C=O) groups is 1. The smallest absolute Gasteiger partial charge is 0.139 e. The van der Waals surface area contributed by atoms with Crippen LogP contribution in [0, 0.1) is 11.8 Å². The van der Waals surface area contributed by atoms with Crippen molar-refractivity contribution in [3.63, 3.8) is 0 Å². The Balaban J connectivity index is 1.91. The minimum Gasteiger partial charge on any atom is -0.299 e. The van der Waals surface area contributed by atoms with Gasteiger partial charge in [0.15, 0.2) is 0 Å². The quantitative estimate of drug-likeness (QED) is 0.755. The monoisotopic (exact) mass is 264 g/mol. The summed E-state index contributed by atoms with van der Waals surface area (Å²) in [6.45, 7) is 2.19. The van der Waals surface area contributed by atoms with Crippen molar-refractivity contribution in [1.29, 1.82) is 0 Å². The molecule has 1 fully saturated rings. The van der Waals surface area contributed by atoms with Crippen LogP contribution in [-0.4, -0.2) is 5.78 Å². The normalized spacial score (nSPS) is 23.6. The minimum absolute atomic E-state index is 0.244. The van der Waals surface area contributed by atoms with E-state index < -0.39 is 0 Å². The zero-order valence-corrected chi connectivity index (χ0v) is 11.7. The minimum atomic E-state index is 0.244. The lowest BCUT2D eigenvalue weighted by Gasteiger charge is -2.10. The van der Waals surface area contributed by atoms with Crippen molar-refractivity contribution in [3.05, 3.63) is 34.9 Å². The number of hydrogen-bond acceptors (Lipinski definition) is 1. The Bertz CT molecular complexity index is 396. The molecule has 0 aliphatic heterocycles. The SMILES string of the molecule is CCCCC1CCC(Cc2ccc(Cl)cc2)C1=O. The standard InChI is InChI=1S/C16H21ClO/c1-2-3-4-13-7-8-14(16(13)18)11-12-5-9-15(17)10-6-12/h5-6,9-10,13-14H,2-4,7-8,11H2,1H3. The maximum absolute atomic E-state index is 12.3. The number of Topliss-reactive ketones (excluding diaryl/α,β-unsaturated/α-hetero) is 1. The van der Waals surface area contributed by atoms with Gasteiger partial charge in [-0.1, -0.05) is 43.5 Å². The van der Waals surface area contributed by atoms with Crippen molar-refractivity contribution in [2.45, 2.75) is 45.4 Å². The average Bonchev–Trinajstić information content (AvgIpc) is 2.71. The van der Waals surface area contributed by atoms with E-state index in [1.165, 1.54) is 18.4 Å². The lowest BCUT2D eigenvalue weighted by atomic mass is 9.93. The molecule has 0 heterocycles. The van der Waals surface area contributed by atoms with Crippen LogP contribution in [0.3, 0.4) is 0 Å². The van der Waals surface area contributed by atoms with Gasteiger partial charge in [0.2, 0.25) is 0 Å². The highest BCUT2D eigenvalue weighted by atomic mass is 35.5. The number of halogens is 1. The molecule has 0 bridgehead atoms. The molecule has 0 spiro atoms. The van der Waals surface area contributed by atoms with Crippen LogP contribution < -0.4 is 0 Å². The third kappa shape index (κ3) is 3.35. The molecule has 0 amide bonds. The largest absolute Gasteiger partial charge is 0.299 e. The molecule has 2 heteroatoms. The Kier molecular flexibility index (Phi) is 4.82. The summed E-state index contributed by atoms with van der Waals surface area (Å²) in [5, 5.41) is 0.761. The van der Waals surface area contributed by atoms with Gasteiger partial charge in [-0.05, 0) is 43.4 Å². The molecule has 2 unspecified atom stereocenters. The number of rotatable bonds is 5. The summed E-state index contributed by atoms with van der Waals surface area (Å²) in [4.78, 5) is 12.3. The first kappa shape index (κ1) is 13.6. The zero-order valence-electron chi connectivity index (χ0n) is 11.0.